The lowest BCUT2D eigenvalue weighted by Gasteiger charge is -2.15. The summed E-state index contributed by atoms with van der Waals surface area (Å²) in [7, 11) is 0. The summed E-state index contributed by atoms with van der Waals surface area (Å²) in [4.78, 5) is 4.12. The van der Waals surface area contributed by atoms with E-state index in [-0.39, 0.29) is 5.92 Å². The van der Waals surface area contributed by atoms with Gasteiger partial charge < -0.3 is 5.32 Å². The molecule has 1 heterocycles. The maximum atomic E-state index is 8.97. The molecule has 0 aliphatic heterocycles. The molecule has 1 fully saturated rings. The van der Waals surface area contributed by atoms with Crippen molar-refractivity contribution in [2.24, 2.45) is 5.92 Å². The Kier molecular flexibility index (Phi) is 3.92. The summed E-state index contributed by atoms with van der Waals surface area (Å²) in [5.74, 6) is 0.181. The third-order valence-electron chi connectivity index (χ3n) is 3.01. The minimum absolute atomic E-state index is 0.181. The molecule has 2 rings (SSSR count). The van der Waals surface area contributed by atoms with Gasteiger partial charge in [-0.2, -0.15) is 5.26 Å². The van der Waals surface area contributed by atoms with E-state index in [4.69, 9.17) is 5.26 Å². The van der Waals surface area contributed by atoms with Crippen molar-refractivity contribution in [1.82, 2.24) is 10.3 Å². The minimum Gasteiger partial charge on any atom is -0.309 e. The number of nitrogens with zero attached hydrogens (tertiary/aromatic N) is 2. The number of halogens is 1. The van der Waals surface area contributed by atoms with Gasteiger partial charge in [-0.25, -0.2) is 0 Å². The lowest BCUT2D eigenvalue weighted by Crippen LogP contribution is -2.31. The van der Waals surface area contributed by atoms with Gasteiger partial charge in [0.2, 0.25) is 0 Å². The topological polar surface area (TPSA) is 48.7 Å². The van der Waals surface area contributed by atoms with Crippen LogP contribution in [0.15, 0.2) is 22.9 Å². The van der Waals surface area contributed by atoms with Crippen LogP contribution in [-0.4, -0.2) is 11.0 Å². The Bertz CT molecular complexity index is 399. The van der Waals surface area contributed by atoms with E-state index in [1.807, 2.05) is 6.20 Å². The molecule has 1 N–H and O–H groups in total. The molecule has 0 saturated heterocycles. The molecule has 1 aliphatic carbocycles. The van der Waals surface area contributed by atoms with Crippen molar-refractivity contribution in [3.63, 3.8) is 0 Å². The Morgan fingerprint density at radius 1 is 1.50 bits per heavy atom. The number of nitrogens with one attached hydrogen (secondary N) is 1. The SMILES string of the molecule is N#CC1CCCC1NCc1cncc(Br)c1. The highest BCUT2D eigenvalue weighted by Gasteiger charge is 2.26. The summed E-state index contributed by atoms with van der Waals surface area (Å²) in [6, 6.07) is 4.78. The normalized spacial score (nSPS) is 24.2. The second kappa shape index (κ2) is 5.42. The van der Waals surface area contributed by atoms with Crippen LogP contribution in [0.3, 0.4) is 0 Å². The second-order valence-corrected chi connectivity index (χ2v) is 5.08. The average molecular weight is 280 g/mol. The van der Waals surface area contributed by atoms with Gasteiger partial charge in [0.25, 0.3) is 0 Å². The Labute approximate surface area is 104 Å². The van der Waals surface area contributed by atoms with Crippen molar-refractivity contribution in [2.75, 3.05) is 0 Å². The van der Waals surface area contributed by atoms with Gasteiger partial charge in [-0.05, 0) is 40.4 Å². The number of hydrogen-bond donors (Lipinski definition) is 1. The highest BCUT2D eigenvalue weighted by Crippen LogP contribution is 2.25. The van der Waals surface area contributed by atoms with Crippen LogP contribution in [0.25, 0.3) is 0 Å². The zero-order chi connectivity index (χ0) is 11.4. The summed E-state index contributed by atoms with van der Waals surface area (Å²) in [6.07, 6.45) is 6.93. The standard InChI is InChI=1S/C12H14BrN3/c13-11-4-9(6-15-8-11)7-16-12-3-1-2-10(12)5-14/h4,6,8,10,12,16H,1-3,7H2. The molecule has 0 amide bonds. The van der Waals surface area contributed by atoms with E-state index in [2.05, 4.69) is 38.4 Å². The van der Waals surface area contributed by atoms with E-state index in [9.17, 15) is 0 Å². The molecule has 84 valence electrons. The zero-order valence-corrected chi connectivity index (χ0v) is 10.6. The maximum absolute atomic E-state index is 8.97. The number of pyridine rings is 1. The molecule has 1 aliphatic rings. The first-order valence-corrected chi connectivity index (χ1v) is 6.31. The van der Waals surface area contributed by atoms with Gasteiger partial charge in [0.15, 0.2) is 0 Å². The summed E-state index contributed by atoms with van der Waals surface area (Å²) >= 11 is 3.40. The molecule has 0 spiro atoms. The van der Waals surface area contributed by atoms with Gasteiger partial charge >= 0.3 is 0 Å². The Balaban J connectivity index is 1.90. The summed E-state index contributed by atoms with van der Waals surface area (Å²) < 4.78 is 0.995. The fourth-order valence-electron chi connectivity index (χ4n) is 2.16. The summed E-state index contributed by atoms with van der Waals surface area (Å²) in [6.45, 7) is 0.787. The highest BCUT2D eigenvalue weighted by molar-refractivity contribution is 9.10. The van der Waals surface area contributed by atoms with E-state index in [1.165, 1.54) is 0 Å². The molecule has 0 bridgehead atoms. The molecule has 3 nitrogen and oxygen atoms in total. The van der Waals surface area contributed by atoms with Crippen LogP contribution >= 0.6 is 15.9 Å². The van der Waals surface area contributed by atoms with Crippen LogP contribution in [0.4, 0.5) is 0 Å². The van der Waals surface area contributed by atoms with Gasteiger partial charge in [-0.15, -0.1) is 0 Å². The predicted octanol–water partition coefficient (Wildman–Crippen LogP) is 2.63. The Morgan fingerprint density at radius 3 is 3.12 bits per heavy atom. The molecule has 0 aromatic carbocycles. The zero-order valence-electron chi connectivity index (χ0n) is 8.99. The van der Waals surface area contributed by atoms with Crippen LogP contribution in [-0.2, 0) is 6.54 Å². The largest absolute Gasteiger partial charge is 0.309 e. The number of nitriles is 1. The van der Waals surface area contributed by atoms with Crippen LogP contribution in [0.2, 0.25) is 0 Å². The lowest BCUT2D eigenvalue weighted by atomic mass is 10.1. The van der Waals surface area contributed by atoms with Crippen LogP contribution < -0.4 is 5.32 Å². The third kappa shape index (κ3) is 2.81. The molecule has 2 unspecified atom stereocenters. The molecule has 16 heavy (non-hydrogen) atoms. The van der Waals surface area contributed by atoms with Gasteiger partial charge in [-0.3, -0.25) is 4.98 Å². The van der Waals surface area contributed by atoms with Gasteiger partial charge in [-0.1, -0.05) is 6.42 Å². The van der Waals surface area contributed by atoms with Crippen molar-refractivity contribution in [2.45, 2.75) is 31.8 Å². The molecule has 4 heteroatoms. The lowest BCUT2D eigenvalue weighted by molar-refractivity contribution is 0.464. The Morgan fingerprint density at radius 2 is 2.38 bits per heavy atom. The number of hydrogen-bond acceptors (Lipinski definition) is 3. The fraction of sp³-hybridized carbons (Fsp3) is 0.500. The Hall–Kier alpha value is -0.920. The van der Waals surface area contributed by atoms with E-state index < -0.39 is 0 Å². The first kappa shape index (κ1) is 11.6. The van der Waals surface area contributed by atoms with Crippen molar-refractivity contribution in [1.29, 1.82) is 5.26 Å². The van der Waals surface area contributed by atoms with E-state index in [0.29, 0.717) is 6.04 Å². The van der Waals surface area contributed by atoms with Crippen molar-refractivity contribution in [3.05, 3.63) is 28.5 Å². The van der Waals surface area contributed by atoms with Gasteiger partial charge in [0.05, 0.1) is 12.0 Å². The van der Waals surface area contributed by atoms with Gasteiger partial charge in [0, 0.05) is 29.5 Å². The van der Waals surface area contributed by atoms with Crippen molar-refractivity contribution in [3.8, 4) is 6.07 Å². The number of aromatic nitrogens is 1. The summed E-state index contributed by atoms with van der Waals surface area (Å²) in [5.41, 5.74) is 1.15. The van der Waals surface area contributed by atoms with E-state index in [1.54, 1.807) is 6.20 Å². The average Bonchev–Trinajstić information content (AvgIpc) is 2.74. The van der Waals surface area contributed by atoms with Crippen LogP contribution in [0.1, 0.15) is 24.8 Å². The summed E-state index contributed by atoms with van der Waals surface area (Å²) in [5, 5.41) is 12.4. The number of rotatable bonds is 3. The second-order valence-electron chi connectivity index (χ2n) is 4.17. The quantitative estimate of drug-likeness (QED) is 0.925. The predicted molar refractivity (Wildman–Crippen MR) is 65.5 cm³/mol. The van der Waals surface area contributed by atoms with Crippen molar-refractivity contribution < 1.29 is 0 Å². The van der Waals surface area contributed by atoms with E-state index >= 15 is 0 Å². The fourth-order valence-corrected chi connectivity index (χ4v) is 2.57. The minimum atomic E-state index is 0.181. The molecule has 1 aromatic heterocycles. The molecule has 1 saturated carbocycles. The molecular formula is C12H14BrN3. The molecule has 2 atom stereocenters. The van der Waals surface area contributed by atoms with Crippen LogP contribution in [0, 0.1) is 17.2 Å². The monoisotopic (exact) mass is 279 g/mol. The first-order chi connectivity index (χ1) is 7.79. The third-order valence-corrected chi connectivity index (χ3v) is 3.45. The van der Waals surface area contributed by atoms with E-state index in [0.717, 1.165) is 35.8 Å². The first-order valence-electron chi connectivity index (χ1n) is 5.52. The molecule has 1 aromatic rings. The van der Waals surface area contributed by atoms with Crippen molar-refractivity contribution >= 4 is 15.9 Å². The smallest absolute Gasteiger partial charge is 0.0672 e. The highest BCUT2D eigenvalue weighted by atomic mass is 79.9. The maximum Gasteiger partial charge on any atom is 0.0672 e. The molecule has 0 radical (unpaired) electrons. The molecular weight excluding hydrogens is 266 g/mol. The van der Waals surface area contributed by atoms with Crippen LogP contribution in [0.5, 0.6) is 0 Å². The van der Waals surface area contributed by atoms with Gasteiger partial charge in [0.1, 0.15) is 0 Å².